The minimum absolute atomic E-state index is 0.0700. The van der Waals surface area contributed by atoms with Crippen LogP contribution >= 0.6 is 0 Å². The van der Waals surface area contributed by atoms with E-state index in [4.69, 9.17) is 0 Å². The summed E-state index contributed by atoms with van der Waals surface area (Å²) >= 11 is 0. The standard InChI is InChI=1S/C19H26N4O/c1-5-23(13-16-9-7-6-8-10-16)19(24)17-11-18(20-12-14(2)3)22-15(4)21-17/h6-11,14H,5,12-13H2,1-4H3,(H,20,21,22). The van der Waals surface area contributed by atoms with Crippen molar-refractivity contribution in [1.29, 1.82) is 0 Å². The number of amides is 1. The lowest BCUT2D eigenvalue weighted by Gasteiger charge is -2.21. The maximum Gasteiger partial charge on any atom is 0.272 e. The Kier molecular flexibility index (Phi) is 6.29. The average Bonchev–Trinajstić information content (AvgIpc) is 2.57. The van der Waals surface area contributed by atoms with E-state index in [9.17, 15) is 4.79 Å². The molecule has 1 amide bonds. The van der Waals surface area contributed by atoms with Gasteiger partial charge >= 0.3 is 0 Å². The Labute approximate surface area is 144 Å². The Morgan fingerprint density at radius 1 is 1.21 bits per heavy atom. The molecule has 5 nitrogen and oxygen atoms in total. The molecule has 1 aromatic heterocycles. The zero-order chi connectivity index (χ0) is 17.5. The van der Waals surface area contributed by atoms with Crippen LogP contribution in [0.4, 0.5) is 5.82 Å². The Morgan fingerprint density at radius 3 is 2.54 bits per heavy atom. The van der Waals surface area contributed by atoms with Crippen molar-refractivity contribution in [3.63, 3.8) is 0 Å². The van der Waals surface area contributed by atoms with Crippen LogP contribution in [-0.4, -0.2) is 33.9 Å². The van der Waals surface area contributed by atoms with Crippen LogP contribution in [0, 0.1) is 12.8 Å². The second-order valence-corrected chi connectivity index (χ2v) is 6.27. The Balaban J connectivity index is 2.17. The molecule has 0 fully saturated rings. The number of nitrogens with zero attached hydrogens (tertiary/aromatic N) is 3. The minimum atomic E-state index is -0.0700. The van der Waals surface area contributed by atoms with E-state index in [2.05, 4.69) is 29.1 Å². The summed E-state index contributed by atoms with van der Waals surface area (Å²) in [7, 11) is 0. The normalized spacial score (nSPS) is 10.7. The van der Waals surface area contributed by atoms with Crippen LogP contribution in [0.25, 0.3) is 0 Å². The maximum atomic E-state index is 12.8. The summed E-state index contributed by atoms with van der Waals surface area (Å²) in [6.45, 7) is 10.1. The van der Waals surface area contributed by atoms with Gasteiger partial charge in [-0.1, -0.05) is 44.2 Å². The van der Waals surface area contributed by atoms with Gasteiger partial charge in [-0.2, -0.15) is 0 Å². The molecule has 0 unspecified atom stereocenters. The van der Waals surface area contributed by atoms with Crippen LogP contribution in [0.1, 0.15) is 42.6 Å². The second-order valence-electron chi connectivity index (χ2n) is 6.27. The summed E-state index contributed by atoms with van der Waals surface area (Å²) in [6.07, 6.45) is 0. The van der Waals surface area contributed by atoms with Crippen LogP contribution in [0.5, 0.6) is 0 Å². The molecule has 0 aliphatic carbocycles. The molecule has 0 saturated heterocycles. The highest BCUT2D eigenvalue weighted by Gasteiger charge is 2.17. The molecule has 1 heterocycles. The van der Waals surface area contributed by atoms with Gasteiger partial charge in [-0.15, -0.1) is 0 Å². The number of hydrogen-bond acceptors (Lipinski definition) is 4. The molecule has 5 heteroatoms. The number of benzene rings is 1. The molecule has 2 rings (SSSR count). The maximum absolute atomic E-state index is 12.8. The van der Waals surface area contributed by atoms with E-state index >= 15 is 0 Å². The highest BCUT2D eigenvalue weighted by Crippen LogP contribution is 2.12. The zero-order valence-electron chi connectivity index (χ0n) is 14.9. The van der Waals surface area contributed by atoms with Gasteiger partial charge in [0.1, 0.15) is 17.3 Å². The quantitative estimate of drug-likeness (QED) is 0.846. The molecule has 128 valence electrons. The SMILES string of the molecule is CCN(Cc1ccccc1)C(=O)c1cc(NCC(C)C)nc(C)n1. The Hall–Kier alpha value is -2.43. The van der Waals surface area contributed by atoms with Gasteiger partial charge in [0.15, 0.2) is 0 Å². The lowest BCUT2D eigenvalue weighted by Crippen LogP contribution is -2.31. The summed E-state index contributed by atoms with van der Waals surface area (Å²) in [4.78, 5) is 23.3. The lowest BCUT2D eigenvalue weighted by atomic mass is 10.2. The molecule has 2 aromatic rings. The second kappa shape index (κ2) is 8.43. The van der Waals surface area contributed by atoms with Crippen LogP contribution < -0.4 is 5.32 Å². The van der Waals surface area contributed by atoms with E-state index in [1.165, 1.54) is 0 Å². The van der Waals surface area contributed by atoms with Crippen molar-refractivity contribution in [3.05, 3.63) is 53.5 Å². The van der Waals surface area contributed by atoms with Crippen molar-refractivity contribution in [1.82, 2.24) is 14.9 Å². The summed E-state index contributed by atoms with van der Waals surface area (Å²) in [6, 6.07) is 11.7. The number of aromatic nitrogens is 2. The van der Waals surface area contributed by atoms with Crippen LogP contribution in [0.15, 0.2) is 36.4 Å². The molecule has 0 radical (unpaired) electrons. The monoisotopic (exact) mass is 326 g/mol. The van der Waals surface area contributed by atoms with Gasteiger partial charge < -0.3 is 10.2 Å². The summed E-state index contributed by atoms with van der Waals surface area (Å²) in [5, 5.41) is 3.26. The smallest absolute Gasteiger partial charge is 0.272 e. The molecule has 1 N–H and O–H groups in total. The van der Waals surface area contributed by atoms with Gasteiger partial charge in [0.25, 0.3) is 5.91 Å². The molecule has 0 saturated carbocycles. The van der Waals surface area contributed by atoms with Gasteiger partial charge in [0.05, 0.1) is 0 Å². The van der Waals surface area contributed by atoms with Crippen molar-refractivity contribution < 1.29 is 4.79 Å². The fourth-order valence-electron chi connectivity index (χ4n) is 2.37. The van der Waals surface area contributed by atoms with E-state index < -0.39 is 0 Å². The first-order chi connectivity index (χ1) is 11.5. The van der Waals surface area contributed by atoms with Gasteiger partial charge in [0, 0.05) is 25.7 Å². The number of nitrogens with one attached hydrogen (secondary N) is 1. The molecular weight excluding hydrogens is 300 g/mol. The predicted octanol–water partition coefficient (Wildman–Crippen LogP) is 3.52. The lowest BCUT2D eigenvalue weighted by molar-refractivity contribution is 0.0746. The molecular formula is C19H26N4O. The van der Waals surface area contributed by atoms with Gasteiger partial charge in [0.2, 0.25) is 0 Å². The molecule has 0 spiro atoms. The number of hydrogen-bond donors (Lipinski definition) is 1. The van der Waals surface area contributed by atoms with Crippen molar-refractivity contribution in [2.45, 2.75) is 34.2 Å². The van der Waals surface area contributed by atoms with E-state index in [1.54, 1.807) is 11.0 Å². The molecule has 0 bridgehead atoms. The number of aryl methyl sites for hydroxylation is 1. The van der Waals surface area contributed by atoms with E-state index in [1.807, 2.05) is 44.2 Å². The van der Waals surface area contributed by atoms with Crippen molar-refractivity contribution >= 4 is 11.7 Å². The van der Waals surface area contributed by atoms with Crippen molar-refractivity contribution in [3.8, 4) is 0 Å². The highest BCUT2D eigenvalue weighted by molar-refractivity contribution is 5.93. The first-order valence-electron chi connectivity index (χ1n) is 8.42. The summed E-state index contributed by atoms with van der Waals surface area (Å²) < 4.78 is 0. The third kappa shape index (κ3) is 5.05. The van der Waals surface area contributed by atoms with E-state index in [0.717, 1.165) is 12.1 Å². The van der Waals surface area contributed by atoms with Crippen LogP contribution in [0.2, 0.25) is 0 Å². The van der Waals surface area contributed by atoms with Crippen molar-refractivity contribution in [2.75, 3.05) is 18.4 Å². The predicted molar refractivity (Wildman–Crippen MR) is 97.0 cm³/mol. The third-order valence-electron chi connectivity index (χ3n) is 3.63. The summed E-state index contributed by atoms with van der Waals surface area (Å²) in [5.74, 6) is 1.74. The Bertz CT molecular complexity index is 670. The van der Waals surface area contributed by atoms with Gasteiger partial charge in [-0.25, -0.2) is 9.97 Å². The Morgan fingerprint density at radius 2 is 1.92 bits per heavy atom. The fraction of sp³-hybridized carbons (Fsp3) is 0.421. The molecule has 0 aliphatic heterocycles. The summed E-state index contributed by atoms with van der Waals surface area (Å²) in [5.41, 5.74) is 1.54. The van der Waals surface area contributed by atoms with Crippen LogP contribution in [-0.2, 0) is 6.54 Å². The van der Waals surface area contributed by atoms with E-state index in [0.29, 0.717) is 36.3 Å². The molecule has 0 atom stereocenters. The minimum Gasteiger partial charge on any atom is -0.370 e. The average molecular weight is 326 g/mol. The van der Waals surface area contributed by atoms with Crippen LogP contribution in [0.3, 0.4) is 0 Å². The zero-order valence-corrected chi connectivity index (χ0v) is 14.9. The first-order valence-corrected chi connectivity index (χ1v) is 8.42. The highest BCUT2D eigenvalue weighted by atomic mass is 16.2. The van der Waals surface area contributed by atoms with Gasteiger partial charge in [-0.05, 0) is 25.3 Å². The molecule has 1 aromatic carbocycles. The number of rotatable bonds is 7. The molecule has 24 heavy (non-hydrogen) atoms. The molecule has 0 aliphatic rings. The first kappa shape index (κ1) is 17.9. The van der Waals surface area contributed by atoms with Crippen molar-refractivity contribution in [2.24, 2.45) is 5.92 Å². The largest absolute Gasteiger partial charge is 0.370 e. The number of anilines is 1. The fourth-order valence-corrected chi connectivity index (χ4v) is 2.37. The number of carbonyl (C=O) groups excluding carboxylic acids is 1. The number of carbonyl (C=O) groups is 1. The van der Waals surface area contributed by atoms with E-state index in [-0.39, 0.29) is 5.91 Å². The van der Waals surface area contributed by atoms with Gasteiger partial charge in [-0.3, -0.25) is 4.79 Å². The third-order valence-corrected chi connectivity index (χ3v) is 3.63. The topological polar surface area (TPSA) is 58.1 Å².